The molecule has 0 radical (unpaired) electrons. The van der Waals surface area contributed by atoms with Crippen LogP contribution in [0.25, 0.3) is 0 Å². The number of benzene rings is 3. The average Bonchev–Trinajstić information content (AvgIpc) is 2.79. The van der Waals surface area contributed by atoms with E-state index in [1.165, 1.54) is 17.0 Å². The van der Waals surface area contributed by atoms with Crippen LogP contribution in [0.15, 0.2) is 60.7 Å². The highest BCUT2D eigenvalue weighted by Crippen LogP contribution is 2.35. The van der Waals surface area contributed by atoms with Gasteiger partial charge in [-0.05, 0) is 48.0 Å². The quantitative estimate of drug-likeness (QED) is 0.404. The SMILES string of the molecule is O=C(c1ccc(OC(c2ccc(Cl)cc2)c2ccc(Cl)cc2Cl)c(F)c1)N(CCO)CCO. The van der Waals surface area contributed by atoms with Gasteiger partial charge in [-0.25, -0.2) is 4.39 Å². The Balaban J connectivity index is 1.94. The maximum Gasteiger partial charge on any atom is 0.254 e. The van der Waals surface area contributed by atoms with Gasteiger partial charge in [-0.1, -0.05) is 53.0 Å². The van der Waals surface area contributed by atoms with E-state index in [0.717, 1.165) is 6.07 Å². The fourth-order valence-electron chi connectivity index (χ4n) is 3.26. The molecule has 0 aliphatic heterocycles. The van der Waals surface area contributed by atoms with E-state index in [1.807, 2.05) is 0 Å². The number of aliphatic hydroxyl groups excluding tert-OH is 2. The van der Waals surface area contributed by atoms with Gasteiger partial charge in [0.15, 0.2) is 17.7 Å². The van der Waals surface area contributed by atoms with Gasteiger partial charge in [0, 0.05) is 39.3 Å². The smallest absolute Gasteiger partial charge is 0.254 e. The van der Waals surface area contributed by atoms with E-state index < -0.39 is 17.8 Å². The van der Waals surface area contributed by atoms with E-state index in [0.29, 0.717) is 26.2 Å². The molecule has 9 heteroatoms. The largest absolute Gasteiger partial charge is 0.478 e. The van der Waals surface area contributed by atoms with Crippen molar-refractivity contribution in [3.63, 3.8) is 0 Å². The van der Waals surface area contributed by atoms with Crippen LogP contribution in [0.5, 0.6) is 5.75 Å². The highest BCUT2D eigenvalue weighted by molar-refractivity contribution is 6.35. The van der Waals surface area contributed by atoms with E-state index in [1.54, 1.807) is 42.5 Å². The third-order valence-electron chi connectivity index (χ3n) is 4.87. The topological polar surface area (TPSA) is 70.0 Å². The summed E-state index contributed by atoms with van der Waals surface area (Å²) in [4.78, 5) is 13.9. The summed E-state index contributed by atoms with van der Waals surface area (Å²) < 4.78 is 21.0. The van der Waals surface area contributed by atoms with Crippen molar-refractivity contribution in [2.45, 2.75) is 6.10 Å². The number of rotatable bonds is 9. The van der Waals surface area contributed by atoms with Gasteiger partial charge in [0.1, 0.15) is 0 Å². The minimum Gasteiger partial charge on any atom is -0.478 e. The summed E-state index contributed by atoms with van der Waals surface area (Å²) >= 11 is 18.4. The van der Waals surface area contributed by atoms with E-state index in [9.17, 15) is 9.18 Å². The van der Waals surface area contributed by atoms with Gasteiger partial charge in [0.2, 0.25) is 0 Å². The Bertz CT molecular complexity index is 1110. The number of hydrogen-bond donors (Lipinski definition) is 2. The van der Waals surface area contributed by atoms with Crippen molar-refractivity contribution >= 4 is 40.7 Å². The standard InChI is InChI=1S/C24H21Cl3FNO4/c25-17-4-1-15(2-5-17)23(19-7-6-18(26)14-20(19)27)33-22-8-3-16(13-21(22)28)24(32)29(9-11-30)10-12-31/h1-8,13-14,23,30-31H,9-12H2. The van der Waals surface area contributed by atoms with Crippen LogP contribution in [0.3, 0.4) is 0 Å². The molecule has 1 atom stereocenters. The Kier molecular flexibility index (Phi) is 8.95. The number of ether oxygens (including phenoxy) is 1. The molecule has 0 saturated carbocycles. The van der Waals surface area contributed by atoms with Crippen LogP contribution in [0, 0.1) is 5.82 Å². The lowest BCUT2D eigenvalue weighted by Crippen LogP contribution is -2.35. The van der Waals surface area contributed by atoms with Crippen molar-refractivity contribution in [1.29, 1.82) is 0 Å². The first-order valence-corrected chi connectivity index (χ1v) is 11.1. The molecule has 0 saturated heterocycles. The molecule has 0 aliphatic rings. The Morgan fingerprint density at radius 1 is 0.909 bits per heavy atom. The molecule has 0 aliphatic carbocycles. The van der Waals surface area contributed by atoms with Gasteiger partial charge < -0.3 is 19.8 Å². The van der Waals surface area contributed by atoms with Crippen LogP contribution in [0.4, 0.5) is 4.39 Å². The summed E-state index contributed by atoms with van der Waals surface area (Å²) in [6, 6.07) is 15.6. The van der Waals surface area contributed by atoms with Crippen molar-refractivity contribution in [3.05, 3.63) is 98.2 Å². The van der Waals surface area contributed by atoms with Crippen LogP contribution >= 0.6 is 34.8 Å². The lowest BCUT2D eigenvalue weighted by atomic mass is 10.0. The molecule has 0 bridgehead atoms. The van der Waals surface area contributed by atoms with E-state index >= 15 is 0 Å². The summed E-state index contributed by atoms with van der Waals surface area (Å²) in [5.74, 6) is -1.36. The Labute approximate surface area is 205 Å². The maximum atomic E-state index is 15.0. The van der Waals surface area contributed by atoms with Crippen LogP contribution in [0.2, 0.25) is 15.1 Å². The van der Waals surface area contributed by atoms with E-state index in [4.69, 9.17) is 49.8 Å². The van der Waals surface area contributed by atoms with Crippen LogP contribution < -0.4 is 4.74 Å². The number of carbonyl (C=O) groups excluding carboxylic acids is 1. The lowest BCUT2D eigenvalue weighted by Gasteiger charge is -2.23. The summed E-state index contributed by atoms with van der Waals surface area (Å²) in [5.41, 5.74) is 1.31. The number of nitrogens with zero attached hydrogens (tertiary/aromatic N) is 1. The summed E-state index contributed by atoms with van der Waals surface area (Å²) in [6.07, 6.45) is -0.775. The van der Waals surface area contributed by atoms with Crippen molar-refractivity contribution in [2.75, 3.05) is 26.3 Å². The van der Waals surface area contributed by atoms with Crippen LogP contribution in [-0.4, -0.2) is 47.3 Å². The lowest BCUT2D eigenvalue weighted by molar-refractivity contribution is 0.0684. The van der Waals surface area contributed by atoms with Gasteiger partial charge in [-0.15, -0.1) is 0 Å². The van der Waals surface area contributed by atoms with Crippen LogP contribution in [-0.2, 0) is 0 Å². The predicted octanol–water partition coefficient (Wildman–Crippen LogP) is 5.38. The Morgan fingerprint density at radius 3 is 2.12 bits per heavy atom. The molecule has 5 nitrogen and oxygen atoms in total. The molecule has 0 spiro atoms. The number of carbonyl (C=O) groups is 1. The second-order valence-corrected chi connectivity index (χ2v) is 8.38. The third-order valence-corrected chi connectivity index (χ3v) is 5.68. The van der Waals surface area contributed by atoms with Crippen molar-refractivity contribution in [3.8, 4) is 5.75 Å². The molecule has 3 aromatic rings. The van der Waals surface area contributed by atoms with Gasteiger partial charge >= 0.3 is 0 Å². The number of aliphatic hydroxyl groups is 2. The second kappa shape index (κ2) is 11.7. The number of amides is 1. The molecule has 2 N–H and O–H groups in total. The maximum absolute atomic E-state index is 15.0. The summed E-state index contributed by atoms with van der Waals surface area (Å²) in [7, 11) is 0. The molecule has 33 heavy (non-hydrogen) atoms. The Morgan fingerprint density at radius 2 is 1.55 bits per heavy atom. The van der Waals surface area contributed by atoms with Crippen molar-refractivity contribution < 1.29 is 24.1 Å². The molecule has 0 aromatic heterocycles. The van der Waals surface area contributed by atoms with Crippen molar-refractivity contribution in [2.24, 2.45) is 0 Å². The first-order valence-electron chi connectivity index (χ1n) is 10.0. The minimum absolute atomic E-state index is 0.0208. The highest BCUT2D eigenvalue weighted by Gasteiger charge is 2.23. The van der Waals surface area contributed by atoms with Gasteiger partial charge in [-0.2, -0.15) is 0 Å². The number of halogens is 4. The molecule has 0 fully saturated rings. The molecule has 3 rings (SSSR count). The Hall–Kier alpha value is -2.35. The van der Waals surface area contributed by atoms with Gasteiger partial charge in [0.25, 0.3) is 5.91 Å². The molecule has 1 unspecified atom stereocenters. The van der Waals surface area contributed by atoms with Crippen LogP contribution in [0.1, 0.15) is 27.6 Å². The zero-order valence-corrected chi connectivity index (χ0v) is 19.6. The summed E-state index contributed by atoms with van der Waals surface area (Å²) in [6.45, 7) is -0.514. The molecule has 3 aromatic carbocycles. The normalized spacial score (nSPS) is 11.8. The van der Waals surface area contributed by atoms with Gasteiger partial charge in [0.05, 0.1) is 13.2 Å². The zero-order valence-electron chi connectivity index (χ0n) is 17.3. The molecule has 1 amide bonds. The predicted molar refractivity (Wildman–Crippen MR) is 127 cm³/mol. The molecular formula is C24H21Cl3FNO4. The fourth-order valence-corrected chi connectivity index (χ4v) is 3.89. The molecular weight excluding hydrogens is 492 g/mol. The first-order chi connectivity index (χ1) is 15.8. The van der Waals surface area contributed by atoms with Crippen molar-refractivity contribution in [1.82, 2.24) is 4.90 Å². The number of hydrogen-bond acceptors (Lipinski definition) is 4. The second-order valence-electron chi connectivity index (χ2n) is 7.10. The zero-order chi connectivity index (χ0) is 24.0. The fraction of sp³-hybridized carbons (Fsp3) is 0.208. The molecule has 0 heterocycles. The highest BCUT2D eigenvalue weighted by atomic mass is 35.5. The minimum atomic E-state index is -0.775. The molecule has 174 valence electrons. The monoisotopic (exact) mass is 511 g/mol. The van der Waals surface area contributed by atoms with E-state index in [-0.39, 0.29) is 37.6 Å². The average molecular weight is 513 g/mol. The van der Waals surface area contributed by atoms with Gasteiger partial charge in [-0.3, -0.25) is 4.79 Å². The first kappa shape index (κ1) is 25.3. The van der Waals surface area contributed by atoms with E-state index in [2.05, 4.69) is 0 Å². The third kappa shape index (κ3) is 6.37. The summed E-state index contributed by atoms with van der Waals surface area (Å²) in [5, 5.41) is 19.6.